The van der Waals surface area contributed by atoms with Gasteiger partial charge < -0.3 is 10.6 Å². The molecule has 0 heterocycles. The van der Waals surface area contributed by atoms with E-state index in [9.17, 15) is 14.0 Å². The lowest BCUT2D eigenvalue weighted by Gasteiger charge is -2.27. The van der Waals surface area contributed by atoms with Gasteiger partial charge in [0.1, 0.15) is 5.82 Å². The van der Waals surface area contributed by atoms with Crippen LogP contribution in [0.4, 0.5) is 10.1 Å². The van der Waals surface area contributed by atoms with E-state index in [1.807, 2.05) is 6.07 Å². The molecule has 2 N–H and O–H groups in total. The first-order valence-electron chi connectivity index (χ1n) is 9.38. The van der Waals surface area contributed by atoms with Crippen molar-refractivity contribution in [1.82, 2.24) is 5.32 Å². The van der Waals surface area contributed by atoms with Crippen molar-refractivity contribution in [3.8, 4) is 6.07 Å². The minimum Gasteiger partial charge on any atom is -0.352 e. The SMILES string of the molecule is N#Cc1ccc(NC(=O)C2CCC(C(=O)NCc3ccc(F)cc3)CC2)cc1. The molecule has 0 radical (unpaired) electrons. The second-order valence-electron chi connectivity index (χ2n) is 7.07. The molecule has 2 amide bonds. The first kappa shape index (κ1) is 19.6. The molecule has 0 atom stereocenters. The lowest BCUT2D eigenvalue weighted by Crippen LogP contribution is -2.35. The average molecular weight is 379 g/mol. The summed E-state index contributed by atoms with van der Waals surface area (Å²) in [5.41, 5.74) is 2.07. The van der Waals surface area contributed by atoms with Gasteiger partial charge in [0.25, 0.3) is 0 Å². The van der Waals surface area contributed by atoms with Crippen LogP contribution >= 0.6 is 0 Å². The molecule has 2 aromatic carbocycles. The van der Waals surface area contributed by atoms with Crippen molar-refractivity contribution in [3.63, 3.8) is 0 Å². The molecule has 0 saturated heterocycles. The molecule has 0 spiro atoms. The average Bonchev–Trinajstić information content (AvgIpc) is 2.73. The molecule has 0 aliphatic heterocycles. The number of hydrogen-bond donors (Lipinski definition) is 2. The summed E-state index contributed by atoms with van der Waals surface area (Å²) in [7, 11) is 0. The van der Waals surface area contributed by atoms with Crippen LogP contribution in [0.25, 0.3) is 0 Å². The second-order valence-corrected chi connectivity index (χ2v) is 7.07. The minimum atomic E-state index is -0.298. The number of nitriles is 1. The number of carbonyl (C=O) groups is 2. The van der Waals surface area contributed by atoms with E-state index in [-0.39, 0.29) is 29.5 Å². The quantitative estimate of drug-likeness (QED) is 0.830. The number of halogens is 1. The van der Waals surface area contributed by atoms with Crippen molar-refractivity contribution in [3.05, 3.63) is 65.5 Å². The van der Waals surface area contributed by atoms with Crippen LogP contribution < -0.4 is 10.6 Å². The van der Waals surface area contributed by atoms with E-state index < -0.39 is 0 Å². The summed E-state index contributed by atoms with van der Waals surface area (Å²) in [5, 5.41) is 14.6. The van der Waals surface area contributed by atoms with Gasteiger partial charge in [0.2, 0.25) is 11.8 Å². The lowest BCUT2D eigenvalue weighted by atomic mass is 9.81. The molecule has 1 saturated carbocycles. The maximum atomic E-state index is 12.9. The van der Waals surface area contributed by atoms with Crippen LogP contribution in [0.2, 0.25) is 0 Å². The Kier molecular flexibility index (Phi) is 6.38. The van der Waals surface area contributed by atoms with E-state index in [0.29, 0.717) is 43.5 Å². The zero-order chi connectivity index (χ0) is 19.9. The third-order valence-electron chi connectivity index (χ3n) is 5.13. The Bertz CT molecular complexity index is 864. The monoisotopic (exact) mass is 379 g/mol. The number of carbonyl (C=O) groups excluding carboxylic acids is 2. The van der Waals surface area contributed by atoms with Crippen molar-refractivity contribution < 1.29 is 14.0 Å². The van der Waals surface area contributed by atoms with E-state index in [2.05, 4.69) is 10.6 Å². The van der Waals surface area contributed by atoms with Crippen LogP contribution in [0.15, 0.2) is 48.5 Å². The Morgan fingerprint density at radius 3 is 2.07 bits per heavy atom. The molecule has 5 nitrogen and oxygen atoms in total. The van der Waals surface area contributed by atoms with Gasteiger partial charge in [0.15, 0.2) is 0 Å². The molecule has 1 fully saturated rings. The molecule has 3 rings (SSSR count). The predicted molar refractivity (Wildman–Crippen MR) is 103 cm³/mol. The van der Waals surface area contributed by atoms with Gasteiger partial charge in [-0.25, -0.2) is 4.39 Å². The Morgan fingerprint density at radius 1 is 0.929 bits per heavy atom. The van der Waals surface area contributed by atoms with Crippen LogP contribution in [0.3, 0.4) is 0 Å². The standard InChI is InChI=1S/C22H22FN3O2/c23-19-9-1-16(2-10-19)14-25-21(27)17-5-7-18(8-6-17)22(28)26-20-11-3-15(13-24)4-12-20/h1-4,9-12,17-18H,5-8,14H2,(H,25,27)(H,26,28). The van der Waals surface area contributed by atoms with E-state index in [1.165, 1.54) is 12.1 Å². The number of amides is 2. The largest absolute Gasteiger partial charge is 0.352 e. The highest BCUT2D eigenvalue weighted by Gasteiger charge is 2.29. The molecule has 2 aromatic rings. The van der Waals surface area contributed by atoms with Crippen molar-refractivity contribution in [2.45, 2.75) is 32.2 Å². The summed E-state index contributed by atoms with van der Waals surface area (Å²) in [4.78, 5) is 24.8. The van der Waals surface area contributed by atoms with E-state index in [1.54, 1.807) is 36.4 Å². The number of benzene rings is 2. The lowest BCUT2D eigenvalue weighted by molar-refractivity contribution is -0.128. The van der Waals surface area contributed by atoms with Crippen molar-refractivity contribution in [2.24, 2.45) is 11.8 Å². The summed E-state index contributed by atoms with van der Waals surface area (Å²) >= 11 is 0. The molecule has 28 heavy (non-hydrogen) atoms. The first-order chi connectivity index (χ1) is 13.5. The fourth-order valence-corrected chi connectivity index (χ4v) is 3.43. The molecule has 144 valence electrons. The maximum absolute atomic E-state index is 12.9. The van der Waals surface area contributed by atoms with Crippen LogP contribution in [0.5, 0.6) is 0 Å². The summed E-state index contributed by atoms with van der Waals surface area (Å²) in [6.45, 7) is 0.373. The summed E-state index contributed by atoms with van der Waals surface area (Å²) < 4.78 is 12.9. The van der Waals surface area contributed by atoms with E-state index in [0.717, 1.165) is 5.56 Å². The Balaban J connectivity index is 1.44. The molecular formula is C22H22FN3O2. The summed E-state index contributed by atoms with van der Waals surface area (Å²) in [6, 6.07) is 14.9. The fraction of sp³-hybridized carbons (Fsp3) is 0.318. The molecular weight excluding hydrogens is 357 g/mol. The zero-order valence-electron chi connectivity index (χ0n) is 15.5. The summed E-state index contributed by atoms with van der Waals surface area (Å²) in [6.07, 6.45) is 2.66. The van der Waals surface area contributed by atoms with Crippen LogP contribution in [0.1, 0.15) is 36.8 Å². The topological polar surface area (TPSA) is 82.0 Å². The van der Waals surface area contributed by atoms with Crippen molar-refractivity contribution >= 4 is 17.5 Å². The van der Waals surface area contributed by atoms with Crippen molar-refractivity contribution in [2.75, 3.05) is 5.32 Å². The Labute approximate surface area is 163 Å². The second kappa shape index (κ2) is 9.14. The fourth-order valence-electron chi connectivity index (χ4n) is 3.43. The van der Waals surface area contributed by atoms with Gasteiger partial charge in [-0.2, -0.15) is 5.26 Å². The smallest absolute Gasteiger partial charge is 0.227 e. The summed E-state index contributed by atoms with van der Waals surface area (Å²) in [5.74, 6) is -0.575. The van der Waals surface area contributed by atoms with Gasteiger partial charge in [0, 0.05) is 24.1 Å². The predicted octanol–water partition coefficient (Wildman–Crippen LogP) is 3.76. The Morgan fingerprint density at radius 2 is 1.50 bits per heavy atom. The number of hydrogen-bond acceptors (Lipinski definition) is 3. The van der Waals surface area contributed by atoms with Crippen LogP contribution in [-0.2, 0) is 16.1 Å². The number of nitrogens with one attached hydrogen (secondary N) is 2. The minimum absolute atomic E-state index is 0.0183. The molecule has 0 unspecified atom stereocenters. The molecule has 0 aromatic heterocycles. The van der Waals surface area contributed by atoms with E-state index >= 15 is 0 Å². The van der Waals surface area contributed by atoms with Gasteiger partial charge in [-0.15, -0.1) is 0 Å². The number of rotatable bonds is 5. The number of nitrogens with zero attached hydrogens (tertiary/aromatic N) is 1. The third kappa shape index (κ3) is 5.17. The van der Waals surface area contributed by atoms with Crippen LogP contribution in [-0.4, -0.2) is 11.8 Å². The highest BCUT2D eigenvalue weighted by Crippen LogP contribution is 2.30. The molecule has 6 heteroatoms. The first-order valence-corrected chi connectivity index (χ1v) is 9.38. The van der Waals surface area contributed by atoms with Gasteiger partial charge >= 0.3 is 0 Å². The molecule has 0 bridgehead atoms. The molecule has 1 aliphatic carbocycles. The third-order valence-corrected chi connectivity index (χ3v) is 5.13. The number of anilines is 1. The van der Waals surface area contributed by atoms with Gasteiger partial charge in [-0.05, 0) is 67.6 Å². The van der Waals surface area contributed by atoms with Gasteiger partial charge in [-0.1, -0.05) is 12.1 Å². The highest BCUT2D eigenvalue weighted by atomic mass is 19.1. The normalized spacial score (nSPS) is 18.7. The zero-order valence-corrected chi connectivity index (χ0v) is 15.5. The maximum Gasteiger partial charge on any atom is 0.227 e. The van der Waals surface area contributed by atoms with Crippen LogP contribution in [0, 0.1) is 29.0 Å². The molecule has 1 aliphatic rings. The van der Waals surface area contributed by atoms with Gasteiger partial charge in [-0.3, -0.25) is 9.59 Å². The highest BCUT2D eigenvalue weighted by molar-refractivity contribution is 5.92. The Hall–Kier alpha value is -3.20. The van der Waals surface area contributed by atoms with Crippen molar-refractivity contribution in [1.29, 1.82) is 5.26 Å². The van der Waals surface area contributed by atoms with Gasteiger partial charge in [0.05, 0.1) is 11.6 Å². The van der Waals surface area contributed by atoms with E-state index in [4.69, 9.17) is 5.26 Å².